The first kappa shape index (κ1) is 9.32. The van der Waals surface area contributed by atoms with Crippen molar-refractivity contribution in [3.8, 4) is 0 Å². The zero-order chi connectivity index (χ0) is 9.14. The van der Waals surface area contributed by atoms with E-state index < -0.39 is 6.09 Å². The Hall–Kier alpha value is -0.770. The van der Waals surface area contributed by atoms with Crippen molar-refractivity contribution in [2.75, 3.05) is 20.1 Å². The second-order valence-electron chi connectivity index (χ2n) is 3.39. The second kappa shape index (κ2) is 3.76. The van der Waals surface area contributed by atoms with Crippen LogP contribution in [0.4, 0.5) is 4.79 Å². The monoisotopic (exact) mass is 172 g/mol. The predicted octanol–water partition coefficient (Wildman–Crippen LogP) is 0.594. The van der Waals surface area contributed by atoms with E-state index in [2.05, 4.69) is 12.2 Å². The molecular formula is C8H16N2O2. The van der Waals surface area contributed by atoms with Crippen molar-refractivity contribution in [1.29, 1.82) is 0 Å². The van der Waals surface area contributed by atoms with Gasteiger partial charge in [0.05, 0.1) is 0 Å². The van der Waals surface area contributed by atoms with Crippen molar-refractivity contribution >= 4 is 6.09 Å². The lowest BCUT2D eigenvalue weighted by atomic mass is 9.94. The molecule has 0 aliphatic carbocycles. The van der Waals surface area contributed by atoms with Crippen LogP contribution in [0, 0.1) is 5.92 Å². The van der Waals surface area contributed by atoms with Gasteiger partial charge in [0.1, 0.15) is 0 Å². The van der Waals surface area contributed by atoms with Crippen LogP contribution in [-0.4, -0.2) is 42.3 Å². The van der Waals surface area contributed by atoms with Gasteiger partial charge in [-0.3, -0.25) is 0 Å². The minimum Gasteiger partial charge on any atom is -0.465 e. The Labute approximate surface area is 72.6 Å². The summed E-state index contributed by atoms with van der Waals surface area (Å²) < 4.78 is 0. The van der Waals surface area contributed by atoms with E-state index in [0.717, 1.165) is 6.42 Å². The topological polar surface area (TPSA) is 52.6 Å². The van der Waals surface area contributed by atoms with Crippen LogP contribution < -0.4 is 5.32 Å². The highest BCUT2D eigenvalue weighted by molar-refractivity contribution is 5.65. The molecule has 2 N–H and O–H groups in total. The molecule has 70 valence electrons. The number of nitrogens with one attached hydrogen (secondary N) is 1. The fourth-order valence-electron chi connectivity index (χ4n) is 1.75. The van der Waals surface area contributed by atoms with Crippen LogP contribution in [0.3, 0.4) is 0 Å². The van der Waals surface area contributed by atoms with Gasteiger partial charge in [-0.2, -0.15) is 0 Å². The lowest BCUT2D eigenvalue weighted by Crippen LogP contribution is -2.48. The normalized spacial score (nSPS) is 30.3. The molecule has 0 bridgehead atoms. The van der Waals surface area contributed by atoms with Gasteiger partial charge in [0, 0.05) is 19.1 Å². The molecule has 1 aliphatic rings. The zero-order valence-electron chi connectivity index (χ0n) is 7.58. The summed E-state index contributed by atoms with van der Waals surface area (Å²) in [7, 11) is 1.93. The largest absolute Gasteiger partial charge is 0.465 e. The van der Waals surface area contributed by atoms with E-state index in [4.69, 9.17) is 5.11 Å². The fraction of sp³-hybridized carbons (Fsp3) is 0.875. The summed E-state index contributed by atoms with van der Waals surface area (Å²) in [6.07, 6.45) is 0.126. The van der Waals surface area contributed by atoms with Crippen molar-refractivity contribution in [3.05, 3.63) is 0 Å². The Bertz CT molecular complexity index is 172. The predicted molar refractivity (Wildman–Crippen MR) is 46.2 cm³/mol. The third-order valence-electron chi connectivity index (χ3n) is 2.55. The van der Waals surface area contributed by atoms with Crippen LogP contribution in [0.25, 0.3) is 0 Å². The molecule has 4 nitrogen and oxygen atoms in total. The highest BCUT2D eigenvalue weighted by Crippen LogP contribution is 2.15. The quantitative estimate of drug-likeness (QED) is 0.608. The number of carbonyl (C=O) groups is 1. The summed E-state index contributed by atoms with van der Waals surface area (Å²) in [6.45, 7) is 3.39. The summed E-state index contributed by atoms with van der Waals surface area (Å²) in [5.74, 6) is 0.417. The number of amides is 1. The Morgan fingerprint density at radius 1 is 1.67 bits per heavy atom. The summed E-state index contributed by atoms with van der Waals surface area (Å²) in [6, 6.07) is 0.473. The average molecular weight is 172 g/mol. The Balaban J connectivity index is 2.46. The molecular weight excluding hydrogens is 156 g/mol. The summed E-state index contributed by atoms with van der Waals surface area (Å²) in [4.78, 5) is 12.1. The molecule has 0 aromatic rings. The van der Waals surface area contributed by atoms with Crippen molar-refractivity contribution in [2.24, 2.45) is 5.92 Å². The van der Waals surface area contributed by atoms with Crippen LogP contribution in [0.2, 0.25) is 0 Å². The minimum absolute atomic E-state index is 0.417. The third kappa shape index (κ3) is 1.88. The highest BCUT2D eigenvalue weighted by Gasteiger charge is 2.26. The van der Waals surface area contributed by atoms with Crippen LogP contribution in [0.1, 0.15) is 13.3 Å². The molecule has 1 aliphatic heterocycles. The average Bonchev–Trinajstić information content (AvgIpc) is 2.04. The number of hydrogen-bond donors (Lipinski definition) is 2. The molecule has 0 aromatic carbocycles. The molecule has 0 radical (unpaired) electrons. The molecule has 0 saturated carbocycles. The van der Waals surface area contributed by atoms with Gasteiger partial charge in [0.2, 0.25) is 0 Å². The number of likely N-dealkylation sites (tertiary alicyclic amines) is 1. The molecule has 0 aromatic heterocycles. The van der Waals surface area contributed by atoms with Crippen LogP contribution >= 0.6 is 0 Å². The van der Waals surface area contributed by atoms with Crippen LogP contribution in [0.15, 0.2) is 0 Å². The lowest BCUT2D eigenvalue weighted by Gasteiger charge is -2.35. The summed E-state index contributed by atoms with van der Waals surface area (Å²) in [5, 5.41) is 11.9. The Kier molecular flexibility index (Phi) is 2.92. The van der Waals surface area contributed by atoms with Gasteiger partial charge in [-0.05, 0) is 19.4 Å². The highest BCUT2D eigenvalue weighted by atomic mass is 16.4. The molecule has 0 spiro atoms. The van der Waals surface area contributed by atoms with Crippen molar-refractivity contribution in [2.45, 2.75) is 19.4 Å². The number of nitrogens with zero attached hydrogens (tertiary/aromatic N) is 1. The van der Waals surface area contributed by atoms with Gasteiger partial charge in [0.25, 0.3) is 0 Å². The van der Waals surface area contributed by atoms with Crippen molar-refractivity contribution in [1.82, 2.24) is 10.2 Å². The Morgan fingerprint density at radius 3 is 2.75 bits per heavy atom. The van der Waals surface area contributed by atoms with E-state index in [0.29, 0.717) is 25.0 Å². The van der Waals surface area contributed by atoms with E-state index >= 15 is 0 Å². The number of hydrogen-bond acceptors (Lipinski definition) is 2. The molecule has 12 heavy (non-hydrogen) atoms. The van der Waals surface area contributed by atoms with Gasteiger partial charge in [-0.1, -0.05) is 6.92 Å². The molecule has 1 rings (SSSR count). The zero-order valence-corrected chi connectivity index (χ0v) is 7.58. The maximum absolute atomic E-state index is 10.6. The summed E-state index contributed by atoms with van der Waals surface area (Å²) >= 11 is 0. The molecule has 1 amide bonds. The summed E-state index contributed by atoms with van der Waals surface area (Å²) in [5.41, 5.74) is 0. The van der Waals surface area contributed by atoms with E-state index in [1.807, 2.05) is 7.05 Å². The van der Waals surface area contributed by atoms with E-state index in [9.17, 15) is 4.79 Å². The maximum atomic E-state index is 10.6. The number of carboxylic acid groups (broad SMARTS) is 1. The fourth-order valence-corrected chi connectivity index (χ4v) is 1.75. The van der Waals surface area contributed by atoms with E-state index in [1.165, 1.54) is 4.90 Å². The van der Waals surface area contributed by atoms with Gasteiger partial charge in [0.15, 0.2) is 0 Å². The molecule has 1 heterocycles. The SMILES string of the molecule is CNC1CCN(C(=O)O)CC1C. The molecule has 4 heteroatoms. The minimum atomic E-state index is -0.795. The number of rotatable bonds is 1. The molecule has 2 atom stereocenters. The standard InChI is InChI=1S/C8H16N2O2/c1-6-5-10(8(11)12)4-3-7(6)9-2/h6-7,9H,3-5H2,1-2H3,(H,11,12). The first-order valence-electron chi connectivity index (χ1n) is 4.30. The first-order chi connectivity index (χ1) is 5.65. The first-order valence-corrected chi connectivity index (χ1v) is 4.30. The van der Waals surface area contributed by atoms with Crippen molar-refractivity contribution < 1.29 is 9.90 Å². The van der Waals surface area contributed by atoms with E-state index in [-0.39, 0.29) is 0 Å². The molecule has 1 fully saturated rings. The van der Waals surface area contributed by atoms with E-state index in [1.54, 1.807) is 0 Å². The maximum Gasteiger partial charge on any atom is 0.407 e. The van der Waals surface area contributed by atoms with Gasteiger partial charge in [-0.15, -0.1) is 0 Å². The second-order valence-corrected chi connectivity index (χ2v) is 3.39. The van der Waals surface area contributed by atoms with Crippen molar-refractivity contribution in [3.63, 3.8) is 0 Å². The molecule has 1 saturated heterocycles. The van der Waals surface area contributed by atoms with Crippen LogP contribution in [0.5, 0.6) is 0 Å². The Morgan fingerprint density at radius 2 is 2.33 bits per heavy atom. The lowest BCUT2D eigenvalue weighted by molar-refractivity contribution is 0.112. The number of piperidine rings is 1. The van der Waals surface area contributed by atoms with Gasteiger partial charge >= 0.3 is 6.09 Å². The molecule has 2 unspecified atom stereocenters. The van der Waals surface area contributed by atoms with Gasteiger partial charge < -0.3 is 15.3 Å². The third-order valence-corrected chi connectivity index (χ3v) is 2.55. The van der Waals surface area contributed by atoms with Gasteiger partial charge in [-0.25, -0.2) is 4.79 Å². The smallest absolute Gasteiger partial charge is 0.407 e. The van der Waals surface area contributed by atoms with Crippen LogP contribution in [-0.2, 0) is 0 Å².